The van der Waals surface area contributed by atoms with Crippen LogP contribution in [0.2, 0.25) is 0 Å². The third kappa shape index (κ3) is 5.60. The van der Waals surface area contributed by atoms with Crippen LogP contribution in [-0.4, -0.2) is 25.9 Å². The zero-order valence-corrected chi connectivity index (χ0v) is 15.1. The molecule has 0 aliphatic rings. The summed E-state index contributed by atoms with van der Waals surface area (Å²) in [5.74, 6) is -0.684. The number of unbranched alkanes of at least 4 members (excludes halogenated alkanes) is 1. The van der Waals surface area contributed by atoms with Gasteiger partial charge in [-0.2, -0.15) is 5.01 Å². The Hall–Kier alpha value is -3.29. The number of carbonyl (C=O) groups excluding carboxylic acids is 2. The second-order valence-electron chi connectivity index (χ2n) is 5.41. The summed E-state index contributed by atoms with van der Waals surface area (Å²) < 4.78 is 29.1. The highest BCUT2D eigenvalue weighted by Crippen LogP contribution is 2.28. The van der Waals surface area contributed by atoms with Crippen LogP contribution in [0.25, 0.3) is 0 Å². The number of carbonyl (C=O) groups is 2. The maximum absolute atomic E-state index is 13.8. The number of amides is 2. The molecule has 0 saturated heterocycles. The largest absolute Gasteiger partial charge is 0.494 e. The average Bonchev–Trinajstić information content (AvgIpc) is 2.68. The predicted octanol–water partition coefficient (Wildman–Crippen LogP) is 4.28. The molecule has 0 aliphatic carbocycles. The number of anilines is 1. The molecule has 0 atom stereocenters. The fraction of sp³-hybridized carbons (Fsp3) is 0.263. The fourth-order valence-electron chi connectivity index (χ4n) is 2.12. The number of ether oxygens (including phenoxy) is 3. The first kappa shape index (κ1) is 20.0. The van der Waals surface area contributed by atoms with Crippen molar-refractivity contribution in [2.45, 2.75) is 19.8 Å². The number of hydrogen-bond acceptors (Lipinski definition) is 5. The molecular formula is C19H21FN2O5. The molecule has 0 aliphatic heterocycles. The van der Waals surface area contributed by atoms with Crippen molar-refractivity contribution in [2.75, 3.05) is 18.7 Å². The van der Waals surface area contributed by atoms with Crippen LogP contribution in [0.3, 0.4) is 0 Å². The van der Waals surface area contributed by atoms with Crippen LogP contribution in [0, 0.1) is 5.82 Å². The van der Waals surface area contributed by atoms with Gasteiger partial charge in [0.2, 0.25) is 0 Å². The molecule has 8 heteroatoms. The minimum atomic E-state index is -1.03. The average molecular weight is 376 g/mol. The summed E-state index contributed by atoms with van der Waals surface area (Å²) in [7, 11) is 1.42. The van der Waals surface area contributed by atoms with Gasteiger partial charge in [-0.25, -0.2) is 19.4 Å². The number of hydrazine groups is 1. The minimum Gasteiger partial charge on any atom is -0.494 e. The van der Waals surface area contributed by atoms with E-state index in [1.165, 1.54) is 31.4 Å². The lowest BCUT2D eigenvalue weighted by Crippen LogP contribution is -2.48. The van der Waals surface area contributed by atoms with Crippen LogP contribution in [0.15, 0.2) is 48.5 Å². The molecule has 7 nitrogen and oxygen atoms in total. The number of hydrogen-bond donors (Lipinski definition) is 1. The monoisotopic (exact) mass is 376 g/mol. The number of halogens is 1. The van der Waals surface area contributed by atoms with Gasteiger partial charge in [-0.05, 0) is 30.7 Å². The molecule has 0 aromatic heterocycles. The standard InChI is InChI=1S/C19H21FN2O5/c1-3-4-13-26-18(23)21-22(15-10-6-8-12-17(15)25-2)19(24)27-16-11-7-5-9-14(16)20/h5-12H,3-4,13H2,1-2H3,(H,21,23). The van der Waals surface area contributed by atoms with Gasteiger partial charge in [-0.15, -0.1) is 0 Å². The Morgan fingerprint density at radius 1 is 1.07 bits per heavy atom. The van der Waals surface area contributed by atoms with Crippen molar-refractivity contribution in [1.29, 1.82) is 0 Å². The number of methoxy groups -OCH3 is 1. The summed E-state index contributed by atoms with van der Waals surface area (Å²) >= 11 is 0. The molecule has 27 heavy (non-hydrogen) atoms. The lowest BCUT2D eigenvalue weighted by atomic mass is 10.3. The third-order valence-electron chi connectivity index (χ3n) is 3.48. The Labute approximate surface area is 156 Å². The van der Waals surface area contributed by atoms with Crippen molar-refractivity contribution in [3.8, 4) is 11.5 Å². The fourth-order valence-corrected chi connectivity index (χ4v) is 2.12. The Kier molecular flexibility index (Phi) is 7.42. The van der Waals surface area contributed by atoms with Crippen molar-refractivity contribution in [1.82, 2.24) is 5.43 Å². The van der Waals surface area contributed by atoms with E-state index in [9.17, 15) is 14.0 Å². The summed E-state index contributed by atoms with van der Waals surface area (Å²) in [6.07, 6.45) is -0.350. The summed E-state index contributed by atoms with van der Waals surface area (Å²) in [5.41, 5.74) is 2.50. The molecule has 0 radical (unpaired) electrons. The summed E-state index contributed by atoms with van der Waals surface area (Å²) in [4.78, 5) is 24.6. The second-order valence-corrected chi connectivity index (χ2v) is 5.41. The maximum atomic E-state index is 13.8. The highest BCUT2D eigenvalue weighted by molar-refractivity contribution is 5.93. The number of rotatable bonds is 6. The zero-order chi connectivity index (χ0) is 19.6. The smallest absolute Gasteiger partial charge is 0.439 e. The Morgan fingerprint density at radius 3 is 2.41 bits per heavy atom. The lowest BCUT2D eigenvalue weighted by Gasteiger charge is -2.23. The zero-order valence-electron chi connectivity index (χ0n) is 15.1. The molecular weight excluding hydrogens is 355 g/mol. The van der Waals surface area contributed by atoms with Gasteiger partial charge >= 0.3 is 12.2 Å². The number of nitrogens with one attached hydrogen (secondary N) is 1. The molecule has 0 saturated carbocycles. The summed E-state index contributed by atoms with van der Waals surface area (Å²) in [6, 6.07) is 11.9. The van der Waals surface area contributed by atoms with Crippen LogP contribution in [0.1, 0.15) is 19.8 Å². The van der Waals surface area contributed by atoms with Gasteiger partial charge in [0.15, 0.2) is 11.6 Å². The second kappa shape index (κ2) is 10.0. The molecule has 0 heterocycles. The van der Waals surface area contributed by atoms with Gasteiger partial charge in [-0.1, -0.05) is 37.6 Å². The SMILES string of the molecule is CCCCOC(=O)NN(C(=O)Oc1ccccc1F)c1ccccc1OC. The van der Waals surface area contributed by atoms with Crippen molar-refractivity contribution < 1.29 is 28.2 Å². The van der Waals surface area contributed by atoms with E-state index in [4.69, 9.17) is 14.2 Å². The van der Waals surface area contributed by atoms with Gasteiger partial charge in [0, 0.05) is 0 Å². The Morgan fingerprint density at radius 2 is 1.74 bits per heavy atom. The molecule has 2 aromatic rings. The van der Waals surface area contributed by atoms with Crippen LogP contribution in [0.5, 0.6) is 11.5 Å². The maximum Gasteiger partial charge on any atom is 0.439 e. The normalized spacial score (nSPS) is 10.0. The first-order valence-corrected chi connectivity index (χ1v) is 8.39. The quantitative estimate of drug-likeness (QED) is 0.601. The van der Waals surface area contributed by atoms with E-state index >= 15 is 0 Å². The Bertz CT molecular complexity index is 784. The predicted molar refractivity (Wildman–Crippen MR) is 97.3 cm³/mol. The molecule has 0 bridgehead atoms. The molecule has 2 aromatic carbocycles. The van der Waals surface area contributed by atoms with E-state index in [1.54, 1.807) is 18.2 Å². The molecule has 2 amide bonds. The highest BCUT2D eigenvalue weighted by atomic mass is 19.1. The van der Waals surface area contributed by atoms with Crippen LogP contribution in [0.4, 0.5) is 19.7 Å². The van der Waals surface area contributed by atoms with Crippen molar-refractivity contribution in [3.05, 3.63) is 54.3 Å². The molecule has 0 fully saturated rings. The minimum absolute atomic E-state index is 0.199. The molecule has 144 valence electrons. The molecule has 2 rings (SSSR count). The highest BCUT2D eigenvalue weighted by Gasteiger charge is 2.25. The first-order chi connectivity index (χ1) is 13.1. The topological polar surface area (TPSA) is 77.1 Å². The molecule has 0 spiro atoms. The molecule has 1 N–H and O–H groups in total. The summed E-state index contributed by atoms with van der Waals surface area (Å²) in [5, 5.41) is 0.805. The van der Waals surface area contributed by atoms with Crippen molar-refractivity contribution >= 4 is 17.9 Å². The molecule has 0 unspecified atom stereocenters. The van der Waals surface area contributed by atoms with Gasteiger partial charge in [0.1, 0.15) is 11.4 Å². The van der Waals surface area contributed by atoms with Gasteiger partial charge in [-0.3, -0.25) is 0 Å². The Balaban J connectivity index is 2.24. The lowest BCUT2D eigenvalue weighted by molar-refractivity contribution is 0.141. The number of nitrogens with zero attached hydrogens (tertiary/aromatic N) is 1. The van der Waals surface area contributed by atoms with Crippen LogP contribution in [-0.2, 0) is 4.74 Å². The van der Waals surface area contributed by atoms with Crippen molar-refractivity contribution in [3.63, 3.8) is 0 Å². The van der Waals surface area contributed by atoms with Gasteiger partial charge < -0.3 is 14.2 Å². The first-order valence-electron chi connectivity index (χ1n) is 8.39. The van der Waals surface area contributed by atoms with Crippen LogP contribution >= 0.6 is 0 Å². The van der Waals surface area contributed by atoms with E-state index in [0.29, 0.717) is 12.2 Å². The van der Waals surface area contributed by atoms with E-state index < -0.39 is 18.0 Å². The van der Waals surface area contributed by atoms with E-state index in [1.807, 2.05) is 6.92 Å². The van der Waals surface area contributed by atoms with E-state index in [-0.39, 0.29) is 18.0 Å². The van der Waals surface area contributed by atoms with Gasteiger partial charge in [0.25, 0.3) is 0 Å². The van der Waals surface area contributed by atoms with Crippen LogP contribution < -0.4 is 19.9 Å². The van der Waals surface area contributed by atoms with E-state index in [0.717, 1.165) is 17.5 Å². The summed E-state index contributed by atoms with van der Waals surface area (Å²) in [6.45, 7) is 2.15. The van der Waals surface area contributed by atoms with Gasteiger partial charge in [0.05, 0.1) is 13.7 Å². The number of benzene rings is 2. The van der Waals surface area contributed by atoms with Crippen molar-refractivity contribution in [2.24, 2.45) is 0 Å². The van der Waals surface area contributed by atoms with E-state index in [2.05, 4.69) is 5.43 Å². The third-order valence-corrected chi connectivity index (χ3v) is 3.48. The number of para-hydroxylation sites is 3.